The fraction of sp³-hybridized carbons (Fsp3) is 0.517. The van der Waals surface area contributed by atoms with Gasteiger partial charge in [0.25, 0.3) is 0 Å². The van der Waals surface area contributed by atoms with E-state index in [0.717, 1.165) is 84.4 Å². The van der Waals surface area contributed by atoms with Gasteiger partial charge in [0.2, 0.25) is 0 Å². The summed E-state index contributed by atoms with van der Waals surface area (Å²) in [6.45, 7) is 11.6. The number of nitrogens with one attached hydrogen (secondary N) is 1. The Balaban J connectivity index is 1.12. The van der Waals surface area contributed by atoms with Gasteiger partial charge in [0.15, 0.2) is 5.75 Å². The third-order valence-corrected chi connectivity index (χ3v) is 7.83. The number of nitrogens with zero attached hydrogens (tertiary/aromatic N) is 6. The lowest BCUT2D eigenvalue weighted by atomic mass is 9.91. The molecule has 0 bridgehead atoms. The fourth-order valence-electron chi connectivity index (χ4n) is 5.74. The quantitative estimate of drug-likeness (QED) is 0.523. The molecule has 1 N–H and O–H groups in total. The molecule has 39 heavy (non-hydrogen) atoms. The summed E-state index contributed by atoms with van der Waals surface area (Å²) >= 11 is 0. The van der Waals surface area contributed by atoms with E-state index in [2.05, 4.69) is 26.4 Å². The molecule has 1 amide bonds. The van der Waals surface area contributed by atoms with Crippen LogP contribution in [0.3, 0.4) is 0 Å². The zero-order chi connectivity index (χ0) is 27.3. The number of hydrogen-bond acceptors (Lipinski definition) is 8. The molecule has 3 aromatic rings. The van der Waals surface area contributed by atoms with Crippen LogP contribution in [-0.2, 0) is 18.4 Å². The highest BCUT2D eigenvalue weighted by Gasteiger charge is 2.38. The van der Waals surface area contributed by atoms with Gasteiger partial charge in [-0.3, -0.25) is 14.6 Å². The molecule has 0 aliphatic carbocycles. The van der Waals surface area contributed by atoms with E-state index in [0.29, 0.717) is 18.6 Å². The number of hydrogen-bond donors (Lipinski definition) is 1. The topological polar surface area (TPSA) is 97.6 Å². The van der Waals surface area contributed by atoms with E-state index in [1.165, 1.54) is 0 Å². The fourth-order valence-corrected chi connectivity index (χ4v) is 5.74. The Hall–Kier alpha value is -3.66. The van der Waals surface area contributed by atoms with Crippen molar-refractivity contribution < 1.29 is 14.3 Å². The normalized spacial score (nSPS) is 18.3. The average Bonchev–Trinajstić information content (AvgIpc) is 3.18. The number of pyridine rings is 2. The van der Waals surface area contributed by atoms with E-state index >= 15 is 0 Å². The summed E-state index contributed by atoms with van der Waals surface area (Å²) in [6.07, 6.45) is 7.56. The number of rotatable bonds is 3. The van der Waals surface area contributed by atoms with Gasteiger partial charge in [-0.2, -0.15) is 5.10 Å². The van der Waals surface area contributed by atoms with E-state index in [-0.39, 0.29) is 6.09 Å². The number of anilines is 2. The maximum Gasteiger partial charge on any atom is 0.410 e. The number of ether oxygens (including phenoxy) is 2. The molecular formula is C29H37N7O3. The second kappa shape index (κ2) is 9.82. The van der Waals surface area contributed by atoms with Crippen molar-refractivity contribution in [3.05, 3.63) is 47.7 Å². The number of aromatic nitrogens is 4. The Kier molecular flexibility index (Phi) is 6.45. The van der Waals surface area contributed by atoms with E-state index in [1.54, 1.807) is 9.58 Å². The Morgan fingerprint density at radius 1 is 1.21 bits per heavy atom. The Morgan fingerprint density at radius 2 is 1.97 bits per heavy atom. The lowest BCUT2D eigenvalue weighted by Crippen LogP contribution is -2.62. The monoisotopic (exact) mass is 531 g/mol. The van der Waals surface area contributed by atoms with Crippen LogP contribution in [0.4, 0.5) is 16.3 Å². The first kappa shape index (κ1) is 25.6. The standard InChI is InChI=1S/C29H37N7O3/c1-18-26-25(33-27-23(17-38-26)22(6-9-30-27)20-13-31-34(5)14-20)12-24(32-18)19-7-10-35(11-8-19)21-15-36(16-21)28(37)39-29(2,3)4/h6,9,12-14,19,21H,7-8,10-11,15-17H2,1-5H3,(H,30,33). The van der Waals surface area contributed by atoms with Gasteiger partial charge in [-0.05, 0) is 71.3 Å². The van der Waals surface area contributed by atoms with Crippen LogP contribution >= 0.6 is 0 Å². The van der Waals surface area contributed by atoms with Crippen molar-refractivity contribution in [2.45, 2.75) is 64.7 Å². The molecule has 2 fully saturated rings. The van der Waals surface area contributed by atoms with Crippen LogP contribution in [0.15, 0.2) is 30.7 Å². The molecule has 3 aliphatic rings. The summed E-state index contributed by atoms with van der Waals surface area (Å²) < 4.78 is 13.6. The first-order chi connectivity index (χ1) is 18.6. The Bertz CT molecular complexity index is 1380. The number of aryl methyl sites for hydroxylation is 2. The number of carbonyl (C=O) groups excluding carboxylic acids is 1. The van der Waals surface area contributed by atoms with Crippen molar-refractivity contribution in [2.24, 2.45) is 7.05 Å². The van der Waals surface area contributed by atoms with Gasteiger partial charge in [-0.1, -0.05) is 0 Å². The maximum absolute atomic E-state index is 12.3. The van der Waals surface area contributed by atoms with Crippen molar-refractivity contribution in [3.63, 3.8) is 0 Å². The predicted molar refractivity (Wildman–Crippen MR) is 148 cm³/mol. The molecule has 0 spiro atoms. The van der Waals surface area contributed by atoms with Gasteiger partial charge in [-0.15, -0.1) is 0 Å². The molecule has 0 radical (unpaired) electrons. The second-order valence-corrected chi connectivity index (χ2v) is 11.9. The summed E-state index contributed by atoms with van der Waals surface area (Å²) in [4.78, 5) is 26.2. The molecule has 3 aliphatic heterocycles. The third-order valence-electron chi connectivity index (χ3n) is 7.83. The molecule has 6 heterocycles. The Labute approximate surface area is 229 Å². The van der Waals surface area contributed by atoms with Gasteiger partial charge >= 0.3 is 6.09 Å². The summed E-state index contributed by atoms with van der Waals surface area (Å²) in [5.74, 6) is 1.97. The average molecular weight is 532 g/mol. The van der Waals surface area contributed by atoms with Crippen LogP contribution in [0, 0.1) is 6.92 Å². The maximum atomic E-state index is 12.3. The minimum atomic E-state index is -0.459. The van der Waals surface area contributed by atoms with Gasteiger partial charge in [0.1, 0.15) is 18.0 Å². The van der Waals surface area contributed by atoms with E-state index in [9.17, 15) is 4.79 Å². The van der Waals surface area contributed by atoms with E-state index in [4.69, 9.17) is 14.5 Å². The van der Waals surface area contributed by atoms with E-state index < -0.39 is 5.60 Å². The molecule has 2 saturated heterocycles. The first-order valence-electron chi connectivity index (χ1n) is 13.7. The molecule has 10 heteroatoms. The predicted octanol–water partition coefficient (Wildman–Crippen LogP) is 4.62. The lowest BCUT2D eigenvalue weighted by Gasteiger charge is -2.47. The van der Waals surface area contributed by atoms with Gasteiger partial charge < -0.3 is 19.7 Å². The van der Waals surface area contributed by atoms with Crippen LogP contribution in [0.2, 0.25) is 0 Å². The molecule has 10 nitrogen and oxygen atoms in total. The highest BCUT2D eigenvalue weighted by Crippen LogP contribution is 2.40. The van der Waals surface area contributed by atoms with Crippen LogP contribution < -0.4 is 10.1 Å². The third kappa shape index (κ3) is 5.17. The minimum Gasteiger partial charge on any atom is -0.485 e. The lowest BCUT2D eigenvalue weighted by molar-refractivity contribution is -0.0197. The number of amides is 1. The summed E-state index contributed by atoms with van der Waals surface area (Å²) in [5.41, 5.74) is 5.55. The van der Waals surface area contributed by atoms with Gasteiger partial charge in [0, 0.05) is 61.3 Å². The number of fused-ring (bicyclic) bond motifs is 2. The van der Waals surface area contributed by atoms with Crippen molar-refractivity contribution >= 4 is 17.6 Å². The van der Waals surface area contributed by atoms with Crippen LogP contribution in [0.5, 0.6) is 5.75 Å². The van der Waals surface area contributed by atoms with Crippen molar-refractivity contribution in [2.75, 3.05) is 31.5 Å². The molecule has 6 rings (SSSR count). The number of piperidine rings is 1. The Morgan fingerprint density at radius 3 is 2.67 bits per heavy atom. The van der Waals surface area contributed by atoms with Crippen molar-refractivity contribution in [1.29, 1.82) is 0 Å². The molecule has 0 atom stereocenters. The molecule has 0 aromatic carbocycles. The van der Waals surface area contributed by atoms with Crippen molar-refractivity contribution in [1.82, 2.24) is 29.5 Å². The highest BCUT2D eigenvalue weighted by molar-refractivity contribution is 5.76. The number of likely N-dealkylation sites (tertiary alicyclic amines) is 2. The SMILES string of the molecule is Cc1nc(C2CCN(C3CN(C(=O)OC(C)(C)C)C3)CC2)cc2c1OCc1c(-c3cnn(C)c3)ccnc1N2. The van der Waals surface area contributed by atoms with Crippen LogP contribution in [0.1, 0.15) is 56.5 Å². The van der Waals surface area contributed by atoms with E-state index in [1.807, 2.05) is 59.4 Å². The highest BCUT2D eigenvalue weighted by atomic mass is 16.6. The molecular weight excluding hydrogens is 494 g/mol. The van der Waals surface area contributed by atoms with Gasteiger partial charge in [-0.25, -0.2) is 9.78 Å². The second-order valence-electron chi connectivity index (χ2n) is 11.9. The minimum absolute atomic E-state index is 0.211. The van der Waals surface area contributed by atoms with Gasteiger partial charge in [0.05, 0.1) is 17.6 Å². The molecule has 3 aromatic heterocycles. The summed E-state index contributed by atoms with van der Waals surface area (Å²) in [7, 11) is 1.92. The summed E-state index contributed by atoms with van der Waals surface area (Å²) in [5, 5.41) is 7.88. The smallest absolute Gasteiger partial charge is 0.410 e. The van der Waals surface area contributed by atoms with Crippen LogP contribution in [-0.4, -0.2) is 73.5 Å². The van der Waals surface area contributed by atoms with Crippen molar-refractivity contribution in [3.8, 4) is 16.9 Å². The molecule has 0 saturated carbocycles. The zero-order valence-corrected chi connectivity index (χ0v) is 23.4. The largest absolute Gasteiger partial charge is 0.485 e. The first-order valence-corrected chi connectivity index (χ1v) is 13.7. The molecule has 0 unspecified atom stereocenters. The number of carbonyl (C=O) groups is 1. The van der Waals surface area contributed by atoms with Crippen LogP contribution in [0.25, 0.3) is 11.1 Å². The summed E-state index contributed by atoms with van der Waals surface area (Å²) in [6, 6.07) is 4.56. The zero-order valence-electron chi connectivity index (χ0n) is 23.4. The molecule has 206 valence electrons.